The lowest BCUT2D eigenvalue weighted by Gasteiger charge is -2.10. The van der Waals surface area contributed by atoms with Crippen LogP contribution in [0.1, 0.15) is 0 Å². The molecule has 2 N–H and O–H groups in total. The fourth-order valence-electron chi connectivity index (χ4n) is 1.52. The van der Waals surface area contributed by atoms with Crippen molar-refractivity contribution in [2.24, 2.45) is 0 Å². The van der Waals surface area contributed by atoms with Crippen LogP contribution in [0.5, 0.6) is 5.75 Å². The zero-order valence-electron chi connectivity index (χ0n) is 9.77. The summed E-state index contributed by atoms with van der Waals surface area (Å²) in [5.41, 5.74) is -0.537. The molecule has 106 valence electrons. The third kappa shape index (κ3) is 2.69. The van der Waals surface area contributed by atoms with E-state index in [4.69, 9.17) is 5.11 Å². The third-order valence-corrected chi connectivity index (χ3v) is 3.80. The van der Waals surface area contributed by atoms with Gasteiger partial charge in [-0.3, -0.25) is 4.72 Å². The van der Waals surface area contributed by atoms with Gasteiger partial charge >= 0.3 is 0 Å². The molecule has 0 bridgehead atoms. The van der Waals surface area contributed by atoms with Crippen molar-refractivity contribution in [3.05, 3.63) is 53.8 Å². The maximum Gasteiger partial charge on any atom is 0.267 e. The van der Waals surface area contributed by atoms with Gasteiger partial charge in [-0.15, -0.1) is 0 Å². The molecule has 0 aliphatic heterocycles. The molecule has 0 aromatic heterocycles. The van der Waals surface area contributed by atoms with Gasteiger partial charge in [0.2, 0.25) is 0 Å². The van der Waals surface area contributed by atoms with E-state index in [0.717, 1.165) is 30.3 Å². The second-order valence-corrected chi connectivity index (χ2v) is 5.44. The Bertz CT molecular complexity index is 742. The quantitative estimate of drug-likeness (QED) is 0.857. The Labute approximate surface area is 112 Å². The number of hydrogen-bond acceptors (Lipinski definition) is 3. The first-order chi connectivity index (χ1) is 9.31. The van der Waals surface area contributed by atoms with E-state index in [1.807, 2.05) is 0 Å². The molecule has 2 aromatic rings. The van der Waals surface area contributed by atoms with Crippen LogP contribution in [0.2, 0.25) is 0 Å². The largest absolute Gasteiger partial charge is 0.508 e. The van der Waals surface area contributed by atoms with Crippen molar-refractivity contribution in [1.82, 2.24) is 0 Å². The van der Waals surface area contributed by atoms with Gasteiger partial charge in [0.1, 0.15) is 17.4 Å². The summed E-state index contributed by atoms with van der Waals surface area (Å²) in [5.74, 6) is -4.08. The van der Waals surface area contributed by atoms with Gasteiger partial charge in [0.05, 0.1) is 5.69 Å². The fourth-order valence-corrected chi connectivity index (χ4v) is 2.73. The summed E-state index contributed by atoms with van der Waals surface area (Å²) in [5, 5.41) is 9.00. The Balaban J connectivity index is 2.46. The molecule has 2 rings (SSSR count). The average molecular weight is 303 g/mol. The Morgan fingerprint density at radius 2 is 1.55 bits per heavy atom. The maximum atomic E-state index is 13.4. The molecule has 0 aliphatic rings. The van der Waals surface area contributed by atoms with Gasteiger partial charge in [0.15, 0.2) is 10.7 Å². The number of phenolic OH excluding ortho intramolecular Hbond substituents is 1. The maximum absolute atomic E-state index is 13.4. The Morgan fingerprint density at radius 1 is 0.950 bits per heavy atom. The molecule has 2 aromatic carbocycles. The zero-order chi connectivity index (χ0) is 14.9. The zero-order valence-corrected chi connectivity index (χ0v) is 10.6. The molecule has 0 amide bonds. The monoisotopic (exact) mass is 303 g/mol. The molecule has 4 nitrogen and oxygen atoms in total. The molecule has 0 saturated heterocycles. The van der Waals surface area contributed by atoms with Crippen LogP contribution in [0.15, 0.2) is 41.3 Å². The first kappa shape index (κ1) is 14.2. The molecular formula is C12H8F3NO3S. The van der Waals surface area contributed by atoms with E-state index < -0.39 is 43.8 Å². The van der Waals surface area contributed by atoms with Gasteiger partial charge in [0, 0.05) is 6.07 Å². The average Bonchev–Trinajstić information content (AvgIpc) is 2.32. The summed E-state index contributed by atoms with van der Waals surface area (Å²) in [6.45, 7) is 0. The van der Waals surface area contributed by atoms with Crippen molar-refractivity contribution in [1.29, 1.82) is 0 Å². The number of benzene rings is 2. The van der Waals surface area contributed by atoms with Gasteiger partial charge < -0.3 is 5.11 Å². The Kier molecular flexibility index (Phi) is 3.58. The van der Waals surface area contributed by atoms with Gasteiger partial charge in [0.25, 0.3) is 10.0 Å². The topological polar surface area (TPSA) is 66.4 Å². The molecule has 0 saturated carbocycles. The first-order valence-corrected chi connectivity index (χ1v) is 6.75. The number of halogens is 3. The van der Waals surface area contributed by atoms with Crippen molar-refractivity contribution in [2.75, 3.05) is 4.72 Å². The van der Waals surface area contributed by atoms with Crippen LogP contribution in [0.3, 0.4) is 0 Å². The highest BCUT2D eigenvalue weighted by molar-refractivity contribution is 7.92. The SMILES string of the molecule is O=S(=O)(Nc1ccc(O)cc1F)c1c(F)cccc1F. The standard InChI is InChI=1S/C12H8F3NO3S/c13-8-2-1-3-9(14)12(8)20(18,19)16-11-5-4-7(17)6-10(11)15/h1-6,16-17H. The number of sulfonamides is 1. The molecule has 0 heterocycles. The summed E-state index contributed by atoms with van der Waals surface area (Å²) in [4.78, 5) is -1.20. The van der Waals surface area contributed by atoms with Crippen LogP contribution in [0.4, 0.5) is 18.9 Å². The lowest BCUT2D eigenvalue weighted by molar-refractivity contribution is 0.469. The van der Waals surface area contributed by atoms with Crippen molar-refractivity contribution in [2.45, 2.75) is 4.90 Å². The third-order valence-electron chi connectivity index (χ3n) is 2.38. The first-order valence-electron chi connectivity index (χ1n) is 5.26. The lowest BCUT2D eigenvalue weighted by atomic mass is 10.3. The van der Waals surface area contributed by atoms with E-state index in [1.54, 1.807) is 4.72 Å². The predicted molar refractivity (Wildman–Crippen MR) is 65.2 cm³/mol. The lowest BCUT2D eigenvalue weighted by Crippen LogP contribution is -2.17. The Hall–Kier alpha value is -2.22. The van der Waals surface area contributed by atoms with Crippen LogP contribution < -0.4 is 4.72 Å². The number of hydrogen-bond donors (Lipinski definition) is 2. The molecule has 0 fully saturated rings. The van der Waals surface area contributed by atoms with E-state index in [-0.39, 0.29) is 0 Å². The van der Waals surface area contributed by atoms with E-state index in [9.17, 15) is 21.6 Å². The predicted octanol–water partition coefficient (Wildman–Crippen LogP) is 2.61. The van der Waals surface area contributed by atoms with Crippen molar-refractivity contribution in [3.63, 3.8) is 0 Å². The van der Waals surface area contributed by atoms with E-state index in [0.29, 0.717) is 6.07 Å². The molecule has 0 aliphatic carbocycles. The number of rotatable bonds is 3. The van der Waals surface area contributed by atoms with Gasteiger partial charge in [-0.1, -0.05) is 6.07 Å². The second-order valence-electron chi connectivity index (χ2n) is 3.82. The van der Waals surface area contributed by atoms with Gasteiger partial charge in [-0.05, 0) is 24.3 Å². The van der Waals surface area contributed by atoms with Crippen LogP contribution in [0.25, 0.3) is 0 Å². The molecule has 8 heteroatoms. The minimum Gasteiger partial charge on any atom is -0.508 e. The summed E-state index contributed by atoms with van der Waals surface area (Å²) in [7, 11) is -4.63. The van der Waals surface area contributed by atoms with E-state index in [1.165, 1.54) is 0 Å². The molecule has 0 spiro atoms. The molecule has 0 unspecified atom stereocenters. The highest BCUT2D eigenvalue weighted by Crippen LogP contribution is 2.25. The van der Waals surface area contributed by atoms with Crippen LogP contribution >= 0.6 is 0 Å². The van der Waals surface area contributed by atoms with E-state index >= 15 is 0 Å². The van der Waals surface area contributed by atoms with Crippen molar-refractivity contribution < 1.29 is 26.7 Å². The molecular weight excluding hydrogens is 295 g/mol. The summed E-state index contributed by atoms with van der Waals surface area (Å²) in [6.07, 6.45) is 0. The fraction of sp³-hybridized carbons (Fsp3) is 0. The van der Waals surface area contributed by atoms with Crippen LogP contribution in [-0.2, 0) is 10.0 Å². The van der Waals surface area contributed by atoms with Gasteiger partial charge in [-0.25, -0.2) is 21.6 Å². The van der Waals surface area contributed by atoms with Crippen LogP contribution in [0, 0.1) is 17.5 Å². The highest BCUT2D eigenvalue weighted by atomic mass is 32.2. The molecule has 20 heavy (non-hydrogen) atoms. The summed E-state index contributed by atoms with van der Waals surface area (Å²) < 4.78 is 65.7. The van der Waals surface area contributed by atoms with Crippen molar-refractivity contribution in [3.8, 4) is 5.75 Å². The minimum atomic E-state index is -4.63. The second kappa shape index (κ2) is 5.04. The number of aromatic hydroxyl groups is 1. The number of phenols is 1. The summed E-state index contributed by atoms with van der Waals surface area (Å²) >= 11 is 0. The smallest absolute Gasteiger partial charge is 0.267 e. The normalized spacial score (nSPS) is 11.3. The Morgan fingerprint density at radius 3 is 2.10 bits per heavy atom. The highest BCUT2D eigenvalue weighted by Gasteiger charge is 2.24. The van der Waals surface area contributed by atoms with E-state index in [2.05, 4.69) is 0 Å². The molecule has 0 radical (unpaired) electrons. The number of nitrogens with one attached hydrogen (secondary N) is 1. The number of anilines is 1. The molecule has 0 atom stereocenters. The van der Waals surface area contributed by atoms with Crippen molar-refractivity contribution >= 4 is 15.7 Å². The van der Waals surface area contributed by atoms with Gasteiger partial charge in [-0.2, -0.15) is 0 Å². The minimum absolute atomic E-state index is 0.414. The van der Waals surface area contributed by atoms with Crippen LogP contribution in [-0.4, -0.2) is 13.5 Å². The summed E-state index contributed by atoms with van der Waals surface area (Å²) in [6, 6.07) is 5.16.